The van der Waals surface area contributed by atoms with E-state index in [1.807, 2.05) is 0 Å². The molecule has 0 aromatic carbocycles. The van der Waals surface area contributed by atoms with E-state index in [9.17, 15) is 0 Å². The van der Waals surface area contributed by atoms with E-state index in [4.69, 9.17) is 9.72 Å². The van der Waals surface area contributed by atoms with Gasteiger partial charge in [0.2, 0.25) is 0 Å². The Bertz CT molecular complexity index is 464. The van der Waals surface area contributed by atoms with E-state index in [0.717, 1.165) is 32.1 Å². The summed E-state index contributed by atoms with van der Waals surface area (Å²) in [6, 6.07) is 4.67. The Balaban J connectivity index is 2.08. The predicted molar refractivity (Wildman–Crippen MR) is 114 cm³/mol. The first kappa shape index (κ1) is 22.0. The molecule has 0 saturated carbocycles. The van der Waals surface area contributed by atoms with Crippen molar-refractivity contribution in [2.24, 2.45) is 0 Å². The zero-order valence-electron chi connectivity index (χ0n) is 17.2. The molecule has 0 unspecified atom stereocenters. The number of anilines is 1. The second-order valence-electron chi connectivity index (χ2n) is 7.72. The molecule has 2 radical (unpaired) electrons. The first-order chi connectivity index (χ1) is 12.7. The van der Waals surface area contributed by atoms with E-state index < -0.39 is 21.1 Å². The van der Waals surface area contributed by atoms with E-state index in [-0.39, 0.29) is 0 Å². The van der Waals surface area contributed by atoms with Crippen LogP contribution < -0.4 is 8.48 Å². The molecule has 2 rings (SSSR count). The zero-order chi connectivity index (χ0) is 18.7. The third kappa shape index (κ3) is 7.03. The van der Waals surface area contributed by atoms with Crippen LogP contribution in [0.15, 0.2) is 18.3 Å². The fraction of sp³-hybridized carbons (Fsp3) is 0.773. The van der Waals surface area contributed by atoms with Crippen LogP contribution in [0.3, 0.4) is 0 Å². The summed E-state index contributed by atoms with van der Waals surface area (Å²) in [5, 5.41) is 0. The van der Waals surface area contributed by atoms with Gasteiger partial charge in [-0.15, -0.1) is 0 Å². The molecule has 26 heavy (non-hydrogen) atoms. The third-order valence-corrected chi connectivity index (χ3v) is 10.8. The van der Waals surface area contributed by atoms with Crippen molar-refractivity contribution in [3.8, 4) is 0 Å². The van der Waals surface area contributed by atoms with E-state index >= 15 is 0 Å². The molecule has 1 aromatic heterocycles. The second kappa shape index (κ2) is 12.2. The average Bonchev–Trinajstić information content (AvgIpc) is 2.70. The molecule has 0 atom stereocenters. The minimum absolute atomic E-state index is 0.646. The molecule has 1 aliphatic heterocycles. The van der Waals surface area contributed by atoms with Crippen molar-refractivity contribution in [2.75, 3.05) is 31.2 Å². The molecule has 1 saturated heterocycles. The summed E-state index contributed by atoms with van der Waals surface area (Å²) in [6.07, 6.45) is 14.7. The van der Waals surface area contributed by atoms with Crippen molar-refractivity contribution in [1.29, 1.82) is 0 Å². The SMILES string of the molecule is CCCC[C](CCCC)(CCCC)[Sn][c]1ccc(N2CCOCC2)nc1. The van der Waals surface area contributed by atoms with Crippen LogP contribution in [0.5, 0.6) is 0 Å². The van der Waals surface area contributed by atoms with Gasteiger partial charge >= 0.3 is 172 Å². The molecule has 2 heterocycles. The van der Waals surface area contributed by atoms with Crippen molar-refractivity contribution in [1.82, 2.24) is 4.98 Å². The number of aromatic nitrogens is 1. The van der Waals surface area contributed by atoms with Gasteiger partial charge in [0.05, 0.1) is 0 Å². The minimum atomic E-state index is -0.654. The van der Waals surface area contributed by atoms with Crippen molar-refractivity contribution < 1.29 is 4.74 Å². The second-order valence-corrected chi connectivity index (χ2v) is 13.1. The van der Waals surface area contributed by atoms with Crippen LogP contribution in [-0.2, 0) is 4.74 Å². The van der Waals surface area contributed by atoms with E-state index in [1.54, 1.807) is 3.58 Å². The molecule has 3 nitrogen and oxygen atoms in total. The van der Waals surface area contributed by atoms with Crippen molar-refractivity contribution in [2.45, 2.75) is 82.0 Å². The number of hydrogen-bond donors (Lipinski definition) is 0. The molecule has 0 spiro atoms. The summed E-state index contributed by atoms with van der Waals surface area (Å²) in [7, 11) is 0. The van der Waals surface area contributed by atoms with Crippen LogP contribution in [0.25, 0.3) is 0 Å². The number of nitrogens with zero attached hydrogens (tertiary/aromatic N) is 2. The maximum absolute atomic E-state index is 5.46. The predicted octanol–water partition coefficient (Wildman–Crippen LogP) is 4.98. The van der Waals surface area contributed by atoms with Crippen LogP contribution in [0.1, 0.15) is 78.6 Å². The Kier molecular flexibility index (Phi) is 10.3. The molecular formula is C22H38N2OSn. The Hall–Kier alpha value is -0.291. The Morgan fingerprint density at radius 2 is 1.54 bits per heavy atom. The molecule has 4 heteroatoms. The van der Waals surface area contributed by atoms with Crippen LogP contribution in [-0.4, -0.2) is 52.4 Å². The number of unbranched alkanes of at least 4 members (excludes halogenated alkanes) is 3. The molecule has 0 aliphatic carbocycles. The molecule has 0 amide bonds. The van der Waals surface area contributed by atoms with Gasteiger partial charge in [-0.3, -0.25) is 0 Å². The van der Waals surface area contributed by atoms with E-state index in [1.165, 1.54) is 57.8 Å². The Morgan fingerprint density at radius 3 is 2.00 bits per heavy atom. The number of pyridine rings is 1. The van der Waals surface area contributed by atoms with Gasteiger partial charge in [-0.05, 0) is 0 Å². The van der Waals surface area contributed by atoms with E-state index in [0.29, 0.717) is 3.43 Å². The summed E-state index contributed by atoms with van der Waals surface area (Å²) in [5.74, 6) is 1.14. The average molecular weight is 465 g/mol. The van der Waals surface area contributed by atoms with Crippen LogP contribution >= 0.6 is 0 Å². The summed E-state index contributed by atoms with van der Waals surface area (Å²) in [4.78, 5) is 7.20. The quantitative estimate of drug-likeness (QED) is 0.408. The normalized spacial score (nSPS) is 15.4. The summed E-state index contributed by atoms with van der Waals surface area (Å²) in [6.45, 7) is 10.6. The van der Waals surface area contributed by atoms with Gasteiger partial charge in [0, 0.05) is 0 Å². The monoisotopic (exact) mass is 466 g/mol. The fourth-order valence-corrected chi connectivity index (χ4v) is 9.03. The van der Waals surface area contributed by atoms with Gasteiger partial charge in [-0.2, -0.15) is 0 Å². The Labute approximate surface area is 171 Å². The Morgan fingerprint density at radius 1 is 0.962 bits per heavy atom. The molecular weight excluding hydrogens is 427 g/mol. The number of hydrogen-bond acceptors (Lipinski definition) is 3. The van der Waals surface area contributed by atoms with Gasteiger partial charge in [-0.25, -0.2) is 0 Å². The number of rotatable bonds is 12. The van der Waals surface area contributed by atoms with Crippen LogP contribution in [0, 0.1) is 0 Å². The van der Waals surface area contributed by atoms with Crippen LogP contribution in [0.2, 0.25) is 3.43 Å². The summed E-state index contributed by atoms with van der Waals surface area (Å²) >= 11 is -0.654. The molecule has 1 fully saturated rings. The number of ether oxygens (including phenoxy) is 1. The maximum atomic E-state index is 5.46. The van der Waals surface area contributed by atoms with Gasteiger partial charge in [0.1, 0.15) is 0 Å². The van der Waals surface area contributed by atoms with Gasteiger partial charge in [0.15, 0.2) is 0 Å². The first-order valence-corrected chi connectivity index (χ1v) is 13.7. The van der Waals surface area contributed by atoms with Crippen LogP contribution in [0.4, 0.5) is 5.82 Å². The van der Waals surface area contributed by atoms with Crippen molar-refractivity contribution in [3.63, 3.8) is 0 Å². The number of morpholine rings is 1. The summed E-state index contributed by atoms with van der Waals surface area (Å²) < 4.78 is 7.70. The molecule has 0 bridgehead atoms. The zero-order valence-corrected chi connectivity index (χ0v) is 20.1. The first-order valence-electron chi connectivity index (χ1n) is 10.8. The molecule has 0 N–H and O–H groups in total. The van der Waals surface area contributed by atoms with Crippen molar-refractivity contribution >= 4 is 30.5 Å². The molecule has 1 aliphatic rings. The summed E-state index contributed by atoms with van der Waals surface area (Å²) in [5.41, 5.74) is 0. The molecule has 1 aromatic rings. The molecule has 146 valence electrons. The fourth-order valence-electron chi connectivity index (χ4n) is 3.85. The van der Waals surface area contributed by atoms with Gasteiger partial charge < -0.3 is 0 Å². The van der Waals surface area contributed by atoms with Gasteiger partial charge in [-0.1, -0.05) is 0 Å². The standard InChI is InChI=1S/C13H27.C9H11N2O.Sn/c1-4-7-10-13(11-8-5-2)12-9-6-3;1-2-4-10-9(3-1)11-5-7-12-8-6-11;/h4-12H2,1-3H3;1,3-4H,5-8H2;. The van der Waals surface area contributed by atoms with E-state index in [2.05, 4.69) is 44.0 Å². The van der Waals surface area contributed by atoms with Crippen molar-refractivity contribution in [3.05, 3.63) is 18.3 Å². The van der Waals surface area contributed by atoms with Gasteiger partial charge in [0.25, 0.3) is 0 Å². The topological polar surface area (TPSA) is 25.4 Å². The third-order valence-electron chi connectivity index (χ3n) is 5.52.